The Labute approximate surface area is 163 Å². The predicted molar refractivity (Wildman–Crippen MR) is 105 cm³/mol. The highest BCUT2D eigenvalue weighted by Gasteiger charge is 2.31. The summed E-state index contributed by atoms with van der Waals surface area (Å²) in [6, 6.07) is 13.1. The molecule has 0 saturated carbocycles. The van der Waals surface area contributed by atoms with E-state index in [1.54, 1.807) is 42.1 Å². The van der Waals surface area contributed by atoms with Crippen LogP contribution in [-0.4, -0.2) is 40.6 Å². The van der Waals surface area contributed by atoms with Crippen LogP contribution in [-0.2, 0) is 11.3 Å². The maximum atomic E-state index is 14.0. The monoisotopic (exact) mass is 390 g/mol. The zero-order chi connectivity index (χ0) is 19.4. The van der Waals surface area contributed by atoms with E-state index in [-0.39, 0.29) is 35.5 Å². The predicted octanol–water partition coefficient (Wildman–Crippen LogP) is 4.45. The van der Waals surface area contributed by atoms with Gasteiger partial charge in [0.1, 0.15) is 17.0 Å². The highest BCUT2D eigenvalue weighted by Crippen LogP contribution is 2.38. The van der Waals surface area contributed by atoms with Gasteiger partial charge in [0.05, 0.1) is 6.54 Å². The minimum Gasteiger partial charge on any atom is -0.325 e. The number of rotatable bonds is 6. The molecule has 0 aromatic heterocycles. The van der Waals surface area contributed by atoms with E-state index in [4.69, 9.17) is 0 Å². The van der Waals surface area contributed by atoms with E-state index in [2.05, 4.69) is 0 Å². The molecule has 0 aliphatic carbocycles. The first kappa shape index (κ1) is 19.8. The molecule has 0 N–H and O–H groups in total. The molecule has 0 bridgehead atoms. The number of amides is 1. The van der Waals surface area contributed by atoms with Gasteiger partial charge in [-0.3, -0.25) is 9.69 Å². The first-order valence-electron chi connectivity index (χ1n) is 9.09. The van der Waals surface area contributed by atoms with Crippen LogP contribution in [0.3, 0.4) is 0 Å². The van der Waals surface area contributed by atoms with Gasteiger partial charge < -0.3 is 4.90 Å². The summed E-state index contributed by atoms with van der Waals surface area (Å²) in [5.41, 5.74) is 1.52. The summed E-state index contributed by atoms with van der Waals surface area (Å²) in [6.07, 6.45) is 0. The molecule has 3 nitrogen and oxygen atoms in total. The average molecular weight is 390 g/mol. The van der Waals surface area contributed by atoms with Crippen molar-refractivity contribution in [1.82, 2.24) is 9.80 Å². The maximum Gasteiger partial charge on any atom is 0.237 e. The molecule has 1 aliphatic rings. The summed E-state index contributed by atoms with van der Waals surface area (Å²) in [7, 11) is 0. The Morgan fingerprint density at radius 3 is 2.56 bits per heavy atom. The van der Waals surface area contributed by atoms with E-state index in [9.17, 15) is 13.6 Å². The number of halogens is 2. The van der Waals surface area contributed by atoms with Crippen molar-refractivity contribution in [3.05, 3.63) is 71.3 Å². The number of carbonyl (C=O) groups is 1. The van der Waals surface area contributed by atoms with Crippen LogP contribution >= 0.6 is 11.8 Å². The number of nitrogens with zero attached hydrogens (tertiary/aromatic N) is 2. The molecule has 1 heterocycles. The Balaban J connectivity index is 1.71. The molecule has 2 aromatic rings. The van der Waals surface area contributed by atoms with E-state index in [0.29, 0.717) is 18.7 Å². The fourth-order valence-electron chi connectivity index (χ4n) is 3.16. The van der Waals surface area contributed by atoms with Crippen LogP contribution in [0.25, 0.3) is 0 Å². The number of thioether (sulfide) groups is 1. The Morgan fingerprint density at radius 2 is 1.89 bits per heavy atom. The number of hydrogen-bond donors (Lipinski definition) is 0. The summed E-state index contributed by atoms with van der Waals surface area (Å²) in [5, 5.41) is -0.0967. The second-order valence-corrected chi connectivity index (χ2v) is 8.14. The van der Waals surface area contributed by atoms with E-state index < -0.39 is 0 Å². The van der Waals surface area contributed by atoms with Crippen molar-refractivity contribution in [3.63, 3.8) is 0 Å². The van der Waals surface area contributed by atoms with E-state index in [1.807, 2.05) is 23.6 Å². The third-order valence-corrected chi connectivity index (χ3v) is 6.03. The zero-order valence-electron chi connectivity index (χ0n) is 15.6. The van der Waals surface area contributed by atoms with Crippen LogP contribution in [0.4, 0.5) is 8.78 Å². The molecule has 1 atom stereocenters. The topological polar surface area (TPSA) is 23.6 Å². The quantitative estimate of drug-likeness (QED) is 0.728. The molecule has 144 valence electrons. The lowest BCUT2D eigenvalue weighted by Crippen LogP contribution is -2.42. The molecular formula is C21H24F2N2OS. The molecule has 0 spiro atoms. The van der Waals surface area contributed by atoms with Crippen molar-refractivity contribution < 1.29 is 13.6 Å². The van der Waals surface area contributed by atoms with E-state index in [0.717, 1.165) is 11.3 Å². The molecule has 0 radical (unpaired) electrons. The lowest BCUT2D eigenvalue weighted by Gasteiger charge is -2.30. The molecule has 2 aromatic carbocycles. The van der Waals surface area contributed by atoms with Gasteiger partial charge in [-0.2, -0.15) is 0 Å². The molecule has 1 aliphatic heterocycles. The average Bonchev–Trinajstić information content (AvgIpc) is 3.13. The molecule has 3 rings (SSSR count). The molecule has 1 saturated heterocycles. The Morgan fingerprint density at radius 1 is 1.19 bits per heavy atom. The van der Waals surface area contributed by atoms with Crippen molar-refractivity contribution in [1.29, 1.82) is 0 Å². The van der Waals surface area contributed by atoms with Crippen molar-refractivity contribution in [3.8, 4) is 0 Å². The van der Waals surface area contributed by atoms with E-state index >= 15 is 0 Å². The van der Waals surface area contributed by atoms with Crippen LogP contribution in [0, 0.1) is 11.6 Å². The van der Waals surface area contributed by atoms with Gasteiger partial charge in [0.25, 0.3) is 0 Å². The summed E-state index contributed by atoms with van der Waals surface area (Å²) in [5.74, 6) is 0.328. The highest BCUT2D eigenvalue weighted by atomic mass is 32.2. The molecule has 27 heavy (non-hydrogen) atoms. The molecule has 1 fully saturated rings. The molecule has 1 amide bonds. The molecule has 0 unspecified atom stereocenters. The van der Waals surface area contributed by atoms with Gasteiger partial charge in [0.2, 0.25) is 5.91 Å². The normalized spacial score (nSPS) is 17.1. The van der Waals surface area contributed by atoms with Crippen LogP contribution < -0.4 is 0 Å². The van der Waals surface area contributed by atoms with Gasteiger partial charge in [-0.15, -0.1) is 11.8 Å². The Hall–Kier alpha value is -1.92. The fraction of sp³-hybridized carbons (Fsp3) is 0.381. The summed E-state index contributed by atoms with van der Waals surface area (Å²) < 4.78 is 27.2. The molecule has 6 heteroatoms. The maximum absolute atomic E-state index is 14.0. The lowest BCUT2D eigenvalue weighted by molar-refractivity contribution is -0.133. The Bertz CT molecular complexity index is 782. The summed E-state index contributed by atoms with van der Waals surface area (Å²) in [4.78, 5) is 16.8. The summed E-state index contributed by atoms with van der Waals surface area (Å²) in [6.45, 7) is 5.29. The van der Waals surface area contributed by atoms with Crippen LogP contribution in [0.2, 0.25) is 0 Å². The van der Waals surface area contributed by atoms with Gasteiger partial charge in [-0.1, -0.05) is 30.3 Å². The third kappa shape index (κ3) is 4.87. The fourth-order valence-corrected chi connectivity index (χ4v) is 4.44. The van der Waals surface area contributed by atoms with Crippen molar-refractivity contribution in [2.24, 2.45) is 0 Å². The second kappa shape index (κ2) is 8.85. The van der Waals surface area contributed by atoms with Crippen LogP contribution in [0.5, 0.6) is 0 Å². The van der Waals surface area contributed by atoms with E-state index in [1.165, 1.54) is 18.2 Å². The molecular weight excluding hydrogens is 366 g/mol. The largest absolute Gasteiger partial charge is 0.325 e. The lowest BCUT2D eigenvalue weighted by atomic mass is 10.1. The van der Waals surface area contributed by atoms with Crippen molar-refractivity contribution in [2.75, 3.05) is 18.8 Å². The number of hydrogen-bond acceptors (Lipinski definition) is 3. The van der Waals surface area contributed by atoms with Crippen LogP contribution in [0.15, 0.2) is 48.5 Å². The van der Waals surface area contributed by atoms with Crippen molar-refractivity contribution >= 4 is 17.7 Å². The number of benzene rings is 2. The van der Waals surface area contributed by atoms with Gasteiger partial charge in [0.15, 0.2) is 0 Å². The minimum absolute atomic E-state index is 0.0133. The van der Waals surface area contributed by atoms with Crippen molar-refractivity contribution in [2.45, 2.75) is 31.8 Å². The van der Waals surface area contributed by atoms with Gasteiger partial charge in [-0.05, 0) is 37.6 Å². The third-order valence-electron chi connectivity index (χ3n) is 4.77. The minimum atomic E-state index is -0.282. The SMILES string of the molecule is CC(C)N(CC(=O)N1CCS[C@@H]1c1ccc(F)cc1)Cc1ccccc1F. The smallest absolute Gasteiger partial charge is 0.237 e. The first-order chi connectivity index (χ1) is 13.0. The van der Waals surface area contributed by atoms with Gasteiger partial charge in [-0.25, -0.2) is 8.78 Å². The second-order valence-electron chi connectivity index (χ2n) is 6.95. The van der Waals surface area contributed by atoms with Gasteiger partial charge in [0, 0.05) is 30.4 Å². The van der Waals surface area contributed by atoms with Crippen LogP contribution in [0.1, 0.15) is 30.3 Å². The highest BCUT2D eigenvalue weighted by molar-refractivity contribution is 7.99. The Kier molecular flexibility index (Phi) is 6.50. The number of carbonyl (C=O) groups excluding carboxylic acids is 1. The van der Waals surface area contributed by atoms with Gasteiger partial charge >= 0.3 is 0 Å². The zero-order valence-corrected chi connectivity index (χ0v) is 16.4. The standard InChI is InChI=1S/C21H24F2N2OS/c1-15(2)24(13-17-5-3-4-6-19(17)23)14-20(26)25-11-12-27-21(25)16-7-9-18(22)10-8-16/h3-10,15,21H,11-14H2,1-2H3/t21-/m1/s1. The summed E-state index contributed by atoms with van der Waals surface area (Å²) >= 11 is 1.68. The first-order valence-corrected chi connectivity index (χ1v) is 10.1.